The average molecular weight is 449 g/mol. The Balaban J connectivity index is 1.33. The van der Waals surface area contributed by atoms with Crippen LogP contribution in [0.25, 0.3) is 16.8 Å². The molecule has 32 heavy (non-hydrogen) atoms. The molecule has 0 radical (unpaired) electrons. The Kier molecular flexibility index (Phi) is 4.43. The predicted octanol–water partition coefficient (Wildman–Crippen LogP) is 4.67. The van der Waals surface area contributed by atoms with Crippen molar-refractivity contribution in [1.29, 1.82) is 0 Å². The highest BCUT2D eigenvalue weighted by molar-refractivity contribution is 6.33. The topological polar surface area (TPSA) is 59.2 Å². The number of nitrogens with zero attached hydrogens (tertiary/aromatic N) is 6. The van der Waals surface area contributed by atoms with Crippen molar-refractivity contribution in [3.05, 3.63) is 70.8 Å². The summed E-state index contributed by atoms with van der Waals surface area (Å²) in [5.74, 6) is 0.253. The highest BCUT2D eigenvalue weighted by Gasteiger charge is 2.41. The molecule has 1 saturated heterocycles. The molecule has 8 heteroatoms. The van der Waals surface area contributed by atoms with Gasteiger partial charge >= 0.3 is 0 Å². The third kappa shape index (κ3) is 2.98. The molecule has 0 unspecified atom stereocenters. The van der Waals surface area contributed by atoms with E-state index in [0.717, 1.165) is 44.3 Å². The molecular formula is C24H22ClFN6. The number of aryl methyl sites for hydroxylation is 1. The van der Waals surface area contributed by atoms with Gasteiger partial charge in [-0.05, 0) is 55.7 Å². The van der Waals surface area contributed by atoms with Crippen molar-refractivity contribution in [2.24, 2.45) is 5.41 Å². The number of hydrogen-bond donors (Lipinski definition) is 0. The predicted molar refractivity (Wildman–Crippen MR) is 121 cm³/mol. The maximum absolute atomic E-state index is 14.9. The molecular weight excluding hydrogens is 427 g/mol. The molecule has 0 amide bonds. The van der Waals surface area contributed by atoms with Crippen molar-refractivity contribution in [1.82, 2.24) is 24.6 Å². The minimum atomic E-state index is -0.381. The summed E-state index contributed by atoms with van der Waals surface area (Å²) in [4.78, 5) is 15.7. The Morgan fingerprint density at radius 1 is 1.03 bits per heavy atom. The minimum absolute atomic E-state index is 0.254. The molecule has 4 aromatic heterocycles. The molecule has 6 rings (SSSR count). The minimum Gasteiger partial charge on any atom is -0.355 e. The van der Waals surface area contributed by atoms with Crippen LogP contribution in [0.1, 0.15) is 29.8 Å². The monoisotopic (exact) mass is 448 g/mol. The van der Waals surface area contributed by atoms with E-state index in [2.05, 4.69) is 26.0 Å². The van der Waals surface area contributed by atoms with Crippen LogP contribution in [-0.4, -0.2) is 37.7 Å². The van der Waals surface area contributed by atoms with E-state index in [9.17, 15) is 4.39 Å². The van der Waals surface area contributed by atoms with E-state index in [-0.39, 0.29) is 11.2 Å². The lowest BCUT2D eigenvalue weighted by Crippen LogP contribution is -2.41. The van der Waals surface area contributed by atoms with E-state index in [1.807, 2.05) is 25.3 Å². The van der Waals surface area contributed by atoms with Crippen molar-refractivity contribution in [3.63, 3.8) is 0 Å². The van der Waals surface area contributed by atoms with Crippen molar-refractivity contribution >= 4 is 22.9 Å². The van der Waals surface area contributed by atoms with Gasteiger partial charge in [-0.1, -0.05) is 17.7 Å². The second-order valence-electron chi connectivity index (χ2n) is 8.93. The smallest absolute Gasteiger partial charge is 0.172 e. The Hall–Kier alpha value is -3.06. The summed E-state index contributed by atoms with van der Waals surface area (Å²) in [5.41, 5.74) is 5.34. The summed E-state index contributed by atoms with van der Waals surface area (Å²) in [6.07, 6.45) is 10.7. The first-order chi connectivity index (χ1) is 15.5. The van der Waals surface area contributed by atoms with Gasteiger partial charge in [0.05, 0.1) is 28.8 Å². The number of pyridine rings is 2. The molecule has 0 saturated carbocycles. The average Bonchev–Trinajstić information content (AvgIpc) is 3.36. The van der Waals surface area contributed by atoms with Gasteiger partial charge in [-0.15, -0.1) is 0 Å². The molecule has 0 atom stereocenters. The van der Waals surface area contributed by atoms with Gasteiger partial charge in [-0.2, -0.15) is 5.10 Å². The van der Waals surface area contributed by atoms with Gasteiger partial charge in [-0.25, -0.2) is 13.9 Å². The number of anilines is 1. The molecule has 4 aromatic rings. The maximum atomic E-state index is 14.9. The number of fused-ring (bicyclic) bond motifs is 2. The summed E-state index contributed by atoms with van der Waals surface area (Å²) in [5, 5.41) is 4.83. The fourth-order valence-corrected chi connectivity index (χ4v) is 5.48. The lowest BCUT2D eigenvalue weighted by atomic mass is 9.76. The van der Waals surface area contributed by atoms with E-state index in [1.54, 1.807) is 16.9 Å². The van der Waals surface area contributed by atoms with Crippen LogP contribution >= 0.6 is 11.6 Å². The van der Waals surface area contributed by atoms with Crippen molar-refractivity contribution in [3.8, 4) is 11.3 Å². The van der Waals surface area contributed by atoms with Gasteiger partial charge < -0.3 is 4.90 Å². The Morgan fingerprint density at radius 2 is 1.88 bits per heavy atom. The molecule has 0 N–H and O–H groups in total. The van der Waals surface area contributed by atoms with Crippen molar-refractivity contribution in [2.45, 2.75) is 32.6 Å². The van der Waals surface area contributed by atoms with E-state index in [0.29, 0.717) is 27.7 Å². The van der Waals surface area contributed by atoms with E-state index >= 15 is 0 Å². The van der Waals surface area contributed by atoms with E-state index in [4.69, 9.17) is 16.6 Å². The first-order valence-electron chi connectivity index (χ1n) is 10.9. The summed E-state index contributed by atoms with van der Waals surface area (Å²) in [6.45, 7) is 3.50. The van der Waals surface area contributed by atoms with Gasteiger partial charge in [0.2, 0.25) is 0 Å². The zero-order chi connectivity index (χ0) is 21.9. The number of aromatic nitrogens is 5. The second kappa shape index (κ2) is 7.24. The second-order valence-corrected chi connectivity index (χ2v) is 9.31. The third-order valence-electron chi connectivity index (χ3n) is 7.03. The van der Waals surface area contributed by atoms with Gasteiger partial charge in [0, 0.05) is 36.7 Å². The van der Waals surface area contributed by atoms with Gasteiger partial charge in [-0.3, -0.25) is 9.97 Å². The fourth-order valence-electron chi connectivity index (χ4n) is 5.27. The zero-order valence-electron chi connectivity index (χ0n) is 17.7. The van der Waals surface area contributed by atoms with Crippen LogP contribution in [0.3, 0.4) is 0 Å². The molecule has 1 aliphatic heterocycles. The fraction of sp³-hybridized carbons (Fsp3) is 0.333. The molecule has 1 spiro atoms. The first-order valence-corrected chi connectivity index (χ1v) is 11.2. The Bertz CT molecular complexity index is 1310. The largest absolute Gasteiger partial charge is 0.355 e. The molecule has 1 fully saturated rings. The number of hydrogen-bond acceptors (Lipinski definition) is 5. The molecule has 162 valence electrons. The van der Waals surface area contributed by atoms with Crippen LogP contribution in [0, 0.1) is 18.2 Å². The number of piperidine rings is 1. The quantitative estimate of drug-likeness (QED) is 0.446. The number of halogens is 2. The van der Waals surface area contributed by atoms with Crippen LogP contribution in [-0.2, 0) is 12.8 Å². The highest BCUT2D eigenvalue weighted by atomic mass is 35.5. The molecule has 0 bridgehead atoms. The standard InChI is InChI=1S/C24H22ClFN6/c1-15-21(25)17(4-8-27-15)20-14-29-23(22-18(26)13-30-32(20)22)31-9-5-24(6-10-31)11-16-3-2-7-28-19(16)12-24/h2-4,7-8,13-14H,5-6,9-12H2,1H3. The highest BCUT2D eigenvalue weighted by Crippen LogP contribution is 2.45. The summed E-state index contributed by atoms with van der Waals surface area (Å²) < 4.78 is 16.5. The van der Waals surface area contributed by atoms with E-state index < -0.39 is 0 Å². The lowest BCUT2D eigenvalue weighted by Gasteiger charge is -2.40. The van der Waals surface area contributed by atoms with Crippen LogP contribution in [0.5, 0.6) is 0 Å². The van der Waals surface area contributed by atoms with Gasteiger partial charge in [0.15, 0.2) is 11.6 Å². The summed E-state index contributed by atoms with van der Waals surface area (Å²) in [6, 6.07) is 6.02. The van der Waals surface area contributed by atoms with E-state index in [1.165, 1.54) is 17.5 Å². The lowest BCUT2D eigenvalue weighted by molar-refractivity contribution is 0.231. The zero-order valence-corrected chi connectivity index (χ0v) is 18.5. The number of rotatable bonds is 2. The third-order valence-corrected chi connectivity index (χ3v) is 7.51. The Morgan fingerprint density at radius 3 is 2.69 bits per heavy atom. The van der Waals surface area contributed by atoms with Crippen LogP contribution in [0.4, 0.5) is 10.2 Å². The summed E-state index contributed by atoms with van der Waals surface area (Å²) >= 11 is 6.49. The van der Waals surface area contributed by atoms with Gasteiger partial charge in [0.1, 0.15) is 5.52 Å². The SMILES string of the molecule is Cc1nccc(-c2cnc(N3CCC4(CC3)Cc3cccnc3C4)c3c(F)cnn23)c1Cl. The molecule has 1 aliphatic carbocycles. The van der Waals surface area contributed by atoms with Crippen LogP contribution < -0.4 is 4.90 Å². The maximum Gasteiger partial charge on any atom is 0.172 e. The molecule has 2 aliphatic rings. The molecule has 0 aromatic carbocycles. The van der Waals surface area contributed by atoms with Crippen molar-refractivity contribution < 1.29 is 4.39 Å². The van der Waals surface area contributed by atoms with Crippen LogP contribution in [0.15, 0.2) is 43.0 Å². The normalized spacial score (nSPS) is 17.3. The first kappa shape index (κ1) is 19.6. The molecule has 6 nitrogen and oxygen atoms in total. The molecule has 5 heterocycles. The Labute approximate surface area is 190 Å². The van der Waals surface area contributed by atoms with Crippen molar-refractivity contribution in [2.75, 3.05) is 18.0 Å². The van der Waals surface area contributed by atoms with Crippen LogP contribution in [0.2, 0.25) is 5.02 Å². The van der Waals surface area contributed by atoms with Gasteiger partial charge in [0.25, 0.3) is 0 Å². The summed E-state index contributed by atoms with van der Waals surface area (Å²) in [7, 11) is 0.